The van der Waals surface area contributed by atoms with Gasteiger partial charge in [0.05, 0.1) is 0 Å². The Bertz CT molecular complexity index is 383. The molecular formula is C13H16O3. The van der Waals surface area contributed by atoms with Gasteiger partial charge in [-0.2, -0.15) is 0 Å². The second-order valence-corrected chi connectivity index (χ2v) is 3.49. The summed E-state index contributed by atoms with van der Waals surface area (Å²) in [4.78, 5) is 10.7. The predicted molar refractivity (Wildman–Crippen MR) is 62.6 cm³/mol. The van der Waals surface area contributed by atoms with Gasteiger partial charge in [0, 0.05) is 6.08 Å². The van der Waals surface area contributed by atoms with Crippen LogP contribution in [0.2, 0.25) is 0 Å². The summed E-state index contributed by atoms with van der Waals surface area (Å²) in [6.45, 7) is 7.91. The van der Waals surface area contributed by atoms with Crippen LogP contribution in [-0.2, 0) is 9.53 Å². The number of rotatable bonds is 5. The summed E-state index contributed by atoms with van der Waals surface area (Å²) in [7, 11) is 0. The number of carbonyl (C=O) groups is 1. The van der Waals surface area contributed by atoms with E-state index in [0.717, 1.165) is 17.4 Å². The summed E-state index contributed by atoms with van der Waals surface area (Å²) in [5.74, 6) is 0.393. The van der Waals surface area contributed by atoms with Crippen LogP contribution >= 0.6 is 0 Å². The van der Waals surface area contributed by atoms with Crippen molar-refractivity contribution in [2.24, 2.45) is 0 Å². The van der Waals surface area contributed by atoms with Crippen LogP contribution in [0.25, 0.3) is 0 Å². The Kier molecular flexibility index (Phi) is 4.58. The molecule has 16 heavy (non-hydrogen) atoms. The van der Waals surface area contributed by atoms with Gasteiger partial charge >= 0.3 is 5.97 Å². The summed E-state index contributed by atoms with van der Waals surface area (Å²) >= 11 is 0. The largest absolute Gasteiger partial charge is 0.490 e. The lowest BCUT2D eigenvalue weighted by Crippen LogP contribution is -2.10. The molecule has 0 spiro atoms. The van der Waals surface area contributed by atoms with Gasteiger partial charge in [0.15, 0.2) is 0 Å². The summed E-state index contributed by atoms with van der Waals surface area (Å²) in [5, 5.41) is 0. The van der Waals surface area contributed by atoms with Gasteiger partial charge in [-0.1, -0.05) is 24.3 Å². The molecule has 0 saturated heterocycles. The number of esters is 1. The fourth-order valence-corrected chi connectivity index (χ4v) is 1.31. The van der Waals surface area contributed by atoms with E-state index in [1.54, 1.807) is 0 Å². The molecule has 0 atom stereocenters. The van der Waals surface area contributed by atoms with E-state index in [1.165, 1.54) is 5.56 Å². The van der Waals surface area contributed by atoms with Crippen molar-refractivity contribution >= 4 is 5.97 Å². The van der Waals surface area contributed by atoms with Gasteiger partial charge in [-0.05, 0) is 25.5 Å². The molecule has 86 valence electrons. The second-order valence-electron chi connectivity index (χ2n) is 3.49. The maximum absolute atomic E-state index is 10.7. The molecule has 0 aliphatic heterocycles. The van der Waals surface area contributed by atoms with Crippen molar-refractivity contribution in [3.8, 4) is 5.75 Å². The molecule has 0 saturated carbocycles. The Balaban J connectivity index is 2.37. The van der Waals surface area contributed by atoms with Crippen LogP contribution in [0.1, 0.15) is 11.1 Å². The molecule has 0 heterocycles. The third-order valence-electron chi connectivity index (χ3n) is 2.08. The highest BCUT2D eigenvalue weighted by Gasteiger charge is 2.00. The number of hydrogen-bond donors (Lipinski definition) is 0. The summed E-state index contributed by atoms with van der Waals surface area (Å²) in [5.41, 5.74) is 2.28. The number of benzene rings is 1. The van der Waals surface area contributed by atoms with Crippen molar-refractivity contribution in [1.82, 2.24) is 0 Å². The van der Waals surface area contributed by atoms with Gasteiger partial charge in [-0.25, -0.2) is 4.79 Å². The van der Waals surface area contributed by atoms with Crippen molar-refractivity contribution in [2.75, 3.05) is 13.2 Å². The van der Waals surface area contributed by atoms with Crippen LogP contribution < -0.4 is 4.74 Å². The molecule has 0 bridgehead atoms. The molecule has 0 aliphatic rings. The zero-order valence-corrected chi connectivity index (χ0v) is 9.66. The van der Waals surface area contributed by atoms with E-state index < -0.39 is 5.97 Å². The number of aryl methyl sites for hydroxylation is 2. The van der Waals surface area contributed by atoms with Crippen molar-refractivity contribution in [1.29, 1.82) is 0 Å². The minimum atomic E-state index is -0.427. The first kappa shape index (κ1) is 12.3. The van der Waals surface area contributed by atoms with Gasteiger partial charge in [0.2, 0.25) is 0 Å². The SMILES string of the molecule is C=CC(=O)OCCOc1ccc(C)cc1C. The maximum atomic E-state index is 10.7. The molecule has 3 heteroatoms. The van der Waals surface area contributed by atoms with E-state index in [4.69, 9.17) is 9.47 Å². The Labute approximate surface area is 95.7 Å². The highest BCUT2D eigenvalue weighted by molar-refractivity contribution is 5.81. The van der Waals surface area contributed by atoms with E-state index in [0.29, 0.717) is 6.61 Å². The molecule has 1 rings (SSSR count). The van der Waals surface area contributed by atoms with Crippen molar-refractivity contribution in [3.63, 3.8) is 0 Å². The lowest BCUT2D eigenvalue weighted by atomic mass is 10.1. The Morgan fingerprint density at radius 2 is 2.12 bits per heavy atom. The van der Waals surface area contributed by atoms with E-state index in [-0.39, 0.29) is 6.61 Å². The molecule has 0 aliphatic carbocycles. The average Bonchev–Trinajstić information content (AvgIpc) is 2.26. The minimum Gasteiger partial charge on any atom is -0.490 e. The Morgan fingerprint density at radius 3 is 2.75 bits per heavy atom. The zero-order valence-electron chi connectivity index (χ0n) is 9.66. The fourth-order valence-electron chi connectivity index (χ4n) is 1.31. The first-order chi connectivity index (χ1) is 7.63. The first-order valence-electron chi connectivity index (χ1n) is 5.12. The highest BCUT2D eigenvalue weighted by Crippen LogP contribution is 2.18. The molecule has 0 unspecified atom stereocenters. The quantitative estimate of drug-likeness (QED) is 0.434. The van der Waals surface area contributed by atoms with Crippen LogP contribution in [0, 0.1) is 13.8 Å². The van der Waals surface area contributed by atoms with Crippen molar-refractivity contribution in [2.45, 2.75) is 13.8 Å². The van der Waals surface area contributed by atoms with Crippen LogP contribution in [0.4, 0.5) is 0 Å². The number of ether oxygens (including phenoxy) is 2. The summed E-state index contributed by atoms with van der Waals surface area (Å²) < 4.78 is 10.3. The van der Waals surface area contributed by atoms with E-state index >= 15 is 0 Å². The third-order valence-corrected chi connectivity index (χ3v) is 2.08. The molecule has 0 radical (unpaired) electrons. The van der Waals surface area contributed by atoms with Crippen molar-refractivity contribution in [3.05, 3.63) is 42.0 Å². The van der Waals surface area contributed by atoms with Crippen molar-refractivity contribution < 1.29 is 14.3 Å². The number of carbonyl (C=O) groups excluding carboxylic acids is 1. The molecule has 0 N–H and O–H groups in total. The molecule has 1 aromatic rings. The standard InChI is InChI=1S/C13H16O3/c1-4-13(14)16-8-7-15-12-6-5-10(2)9-11(12)3/h4-6,9H,1,7-8H2,2-3H3. The Morgan fingerprint density at radius 1 is 1.38 bits per heavy atom. The lowest BCUT2D eigenvalue weighted by Gasteiger charge is -2.09. The molecular weight excluding hydrogens is 204 g/mol. The van der Waals surface area contributed by atoms with Gasteiger partial charge in [-0.15, -0.1) is 0 Å². The van der Waals surface area contributed by atoms with E-state index in [2.05, 4.69) is 6.58 Å². The normalized spacial score (nSPS) is 9.62. The highest BCUT2D eigenvalue weighted by atomic mass is 16.6. The third kappa shape index (κ3) is 3.77. The predicted octanol–water partition coefficient (Wildman–Crippen LogP) is 2.41. The Hall–Kier alpha value is -1.77. The lowest BCUT2D eigenvalue weighted by molar-refractivity contribution is -0.138. The van der Waals surface area contributed by atoms with Crippen LogP contribution in [0.3, 0.4) is 0 Å². The van der Waals surface area contributed by atoms with Gasteiger partial charge < -0.3 is 9.47 Å². The van der Waals surface area contributed by atoms with Gasteiger partial charge in [0.1, 0.15) is 19.0 Å². The smallest absolute Gasteiger partial charge is 0.330 e. The minimum absolute atomic E-state index is 0.234. The molecule has 0 aromatic heterocycles. The topological polar surface area (TPSA) is 35.5 Å². The average molecular weight is 220 g/mol. The fraction of sp³-hybridized carbons (Fsp3) is 0.308. The van der Waals surface area contributed by atoms with Crippen LogP contribution in [-0.4, -0.2) is 19.2 Å². The molecule has 1 aromatic carbocycles. The molecule has 0 amide bonds. The summed E-state index contributed by atoms with van der Waals surface area (Å²) in [6.07, 6.45) is 1.14. The van der Waals surface area contributed by atoms with Crippen LogP contribution in [0.15, 0.2) is 30.9 Å². The molecule has 3 nitrogen and oxygen atoms in total. The molecule has 0 fully saturated rings. The zero-order chi connectivity index (χ0) is 12.0. The van der Waals surface area contributed by atoms with E-state index in [1.807, 2.05) is 32.0 Å². The maximum Gasteiger partial charge on any atom is 0.330 e. The van der Waals surface area contributed by atoms with Gasteiger partial charge in [0.25, 0.3) is 0 Å². The monoisotopic (exact) mass is 220 g/mol. The van der Waals surface area contributed by atoms with Crippen LogP contribution in [0.5, 0.6) is 5.75 Å². The van der Waals surface area contributed by atoms with Gasteiger partial charge in [-0.3, -0.25) is 0 Å². The summed E-state index contributed by atoms with van der Waals surface area (Å²) in [6, 6.07) is 5.95. The second kappa shape index (κ2) is 5.95. The first-order valence-corrected chi connectivity index (χ1v) is 5.12. The van der Waals surface area contributed by atoms with E-state index in [9.17, 15) is 4.79 Å². The number of hydrogen-bond acceptors (Lipinski definition) is 3.